The molecular weight excluding hydrogens is 655 g/mol. The van der Waals surface area contributed by atoms with E-state index in [0.717, 1.165) is 18.2 Å². The van der Waals surface area contributed by atoms with Crippen LogP contribution in [0.5, 0.6) is 5.75 Å². The fourth-order valence-corrected chi connectivity index (χ4v) is 5.76. The molecule has 1 aliphatic heterocycles. The number of rotatable bonds is 7. The predicted molar refractivity (Wildman–Crippen MR) is 174 cm³/mol. The molecule has 0 saturated carbocycles. The molecule has 13 nitrogen and oxygen atoms in total. The molecule has 0 aliphatic carbocycles. The van der Waals surface area contributed by atoms with Gasteiger partial charge < -0.3 is 29.7 Å². The third-order valence-electron chi connectivity index (χ3n) is 8.00. The van der Waals surface area contributed by atoms with Crippen molar-refractivity contribution < 1.29 is 27.9 Å². The van der Waals surface area contributed by atoms with E-state index in [0.29, 0.717) is 43.1 Å². The maximum Gasteiger partial charge on any atom is 0.416 e. The molecule has 0 spiro atoms. The number of amides is 2. The van der Waals surface area contributed by atoms with E-state index in [4.69, 9.17) is 11.6 Å². The second-order valence-electron chi connectivity index (χ2n) is 11.4. The highest BCUT2D eigenvalue weighted by molar-refractivity contribution is 6.33. The normalized spacial score (nSPS) is 13.8. The SMILES string of the molecule is CCc1c(N2CCCN(C(=O)c3ncnc(C)c3O)CC2)c(=O)c2nc(N(C)C)cnc2n1CC(=O)Nc1ccc(C(F)(F)F)cc1Cl. The molecule has 0 radical (unpaired) electrons. The molecule has 48 heavy (non-hydrogen) atoms. The topological polar surface area (TPSA) is 150 Å². The molecule has 0 atom stereocenters. The Kier molecular flexibility index (Phi) is 9.75. The number of pyridine rings is 1. The molecule has 1 fully saturated rings. The maximum atomic E-state index is 14.2. The molecule has 4 aromatic rings. The summed E-state index contributed by atoms with van der Waals surface area (Å²) in [6, 6.07) is 2.63. The van der Waals surface area contributed by atoms with Gasteiger partial charge in [0.2, 0.25) is 11.3 Å². The number of anilines is 3. The first kappa shape index (κ1) is 34.3. The van der Waals surface area contributed by atoms with E-state index >= 15 is 0 Å². The van der Waals surface area contributed by atoms with Crippen molar-refractivity contribution in [1.29, 1.82) is 0 Å². The summed E-state index contributed by atoms with van der Waals surface area (Å²) in [6.07, 6.45) is -1.14. The number of nitrogens with zero attached hydrogens (tertiary/aromatic N) is 8. The quantitative estimate of drug-likeness (QED) is 0.293. The van der Waals surface area contributed by atoms with Crippen LogP contribution in [-0.4, -0.2) is 86.6 Å². The molecule has 0 bridgehead atoms. The fraction of sp³-hybridized carbons (Fsp3) is 0.387. The minimum atomic E-state index is -4.61. The summed E-state index contributed by atoms with van der Waals surface area (Å²) in [7, 11) is 3.49. The smallest absolute Gasteiger partial charge is 0.416 e. The van der Waals surface area contributed by atoms with Gasteiger partial charge in [0.1, 0.15) is 24.4 Å². The highest BCUT2D eigenvalue weighted by Crippen LogP contribution is 2.34. The van der Waals surface area contributed by atoms with Crippen molar-refractivity contribution >= 4 is 51.8 Å². The summed E-state index contributed by atoms with van der Waals surface area (Å²) < 4.78 is 41.0. The number of aromatic nitrogens is 5. The lowest BCUT2D eigenvalue weighted by molar-refractivity contribution is -0.137. The summed E-state index contributed by atoms with van der Waals surface area (Å²) in [5, 5.41) is 12.7. The Balaban J connectivity index is 1.52. The highest BCUT2D eigenvalue weighted by atomic mass is 35.5. The molecule has 17 heteroatoms. The van der Waals surface area contributed by atoms with Crippen molar-refractivity contribution in [2.45, 2.75) is 39.4 Å². The Morgan fingerprint density at radius 2 is 1.85 bits per heavy atom. The molecule has 1 aliphatic rings. The Labute approximate surface area is 278 Å². The number of carbonyl (C=O) groups is 2. The molecule has 3 aromatic heterocycles. The van der Waals surface area contributed by atoms with E-state index in [1.807, 2.05) is 11.8 Å². The van der Waals surface area contributed by atoms with Crippen LogP contribution in [0.1, 0.15) is 40.8 Å². The molecule has 0 unspecified atom stereocenters. The fourth-order valence-electron chi connectivity index (χ4n) is 5.54. The van der Waals surface area contributed by atoms with Gasteiger partial charge in [-0.25, -0.2) is 19.9 Å². The van der Waals surface area contributed by atoms with Crippen LogP contribution in [0.3, 0.4) is 0 Å². The third-order valence-corrected chi connectivity index (χ3v) is 8.31. The number of hydrogen-bond donors (Lipinski definition) is 2. The molecule has 1 saturated heterocycles. The van der Waals surface area contributed by atoms with Gasteiger partial charge in [0, 0.05) is 46.0 Å². The zero-order valence-electron chi connectivity index (χ0n) is 26.6. The molecule has 4 heterocycles. The van der Waals surface area contributed by atoms with Crippen molar-refractivity contribution in [3.8, 4) is 5.75 Å². The van der Waals surface area contributed by atoms with Crippen molar-refractivity contribution in [1.82, 2.24) is 29.4 Å². The van der Waals surface area contributed by atoms with E-state index < -0.39 is 29.0 Å². The van der Waals surface area contributed by atoms with Crippen LogP contribution in [0.4, 0.5) is 30.4 Å². The summed E-state index contributed by atoms with van der Waals surface area (Å²) in [5.41, 5.74) is -0.244. The molecule has 5 rings (SSSR count). The second-order valence-corrected chi connectivity index (χ2v) is 11.8. The summed E-state index contributed by atoms with van der Waals surface area (Å²) in [6.45, 7) is 4.21. The third kappa shape index (κ3) is 6.83. The number of carbonyl (C=O) groups excluding carboxylic acids is 2. The van der Waals surface area contributed by atoms with Crippen LogP contribution in [0.25, 0.3) is 11.2 Å². The van der Waals surface area contributed by atoms with Gasteiger partial charge in [-0.3, -0.25) is 14.4 Å². The lowest BCUT2D eigenvalue weighted by atomic mass is 10.1. The number of halogens is 4. The largest absolute Gasteiger partial charge is 0.504 e. The van der Waals surface area contributed by atoms with E-state index in [1.54, 1.807) is 35.4 Å². The Hall–Kier alpha value is -4.99. The second kappa shape index (κ2) is 13.6. The number of benzene rings is 1. The van der Waals surface area contributed by atoms with Crippen molar-refractivity contribution in [3.05, 3.63) is 68.6 Å². The molecule has 2 amide bonds. The molecule has 1 aromatic carbocycles. The van der Waals surface area contributed by atoms with Crippen LogP contribution in [-0.2, 0) is 23.9 Å². The minimum absolute atomic E-state index is 0.0125. The summed E-state index contributed by atoms with van der Waals surface area (Å²) >= 11 is 6.09. The highest BCUT2D eigenvalue weighted by Gasteiger charge is 2.32. The average molecular weight is 688 g/mol. The van der Waals surface area contributed by atoms with Gasteiger partial charge in [-0.15, -0.1) is 0 Å². The molecular formula is C31H33ClF3N9O4. The standard InChI is InChI=1S/C31H33ClF3N9O4/c1-5-21-26(42-9-6-10-43(12-11-42)30(48)25-27(46)17(2)37-16-38-25)28(47)24-29(36-14-22(40-24)41(3)4)44(21)15-23(45)39-20-8-7-18(13-19(20)32)31(33,34)35/h7-8,13-14,16,46H,5-6,9-12,15H2,1-4H3,(H,39,45). The molecule has 2 N–H and O–H groups in total. The Morgan fingerprint density at radius 1 is 1.10 bits per heavy atom. The monoisotopic (exact) mass is 687 g/mol. The van der Waals surface area contributed by atoms with Gasteiger partial charge in [0.05, 0.1) is 28.2 Å². The number of fused-ring (bicyclic) bond motifs is 1. The summed E-state index contributed by atoms with van der Waals surface area (Å²) in [5.74, 6) is -0.963. The van der Waals surface area contributed by atoms with Gasteiger partial charge in [-0.2, -0.15) is 13.2 Å². The first-order chi connectivity index (χ1) is 22.7. The van der Waals surface area contributed by atoms with Gasteiger partial charge in [0.25, 0.3) is 5.91 Å². The van der Waals surface area contributed by atoms with Gasteiger partial charge in [0.15, 0.2) is 22.6 Å². The number of aryl methyl sites for hydroxylation is 1. The Bertz CT molecular complexity index is 1950. The average Bonchev–Trinajstić information content (AvgIpc) is 3.29. The molecule has 254 valence electrons. The van der Waals surface area contributed by atoms with Crippen LogP contribution >= 0.6 is 11.6 Å². The van der Waals surface area contributed by atoms with Crippen molar-refractivity contribution in [2.75, 3.05) is 55.4 Å². The maximum absolute atomic E-state index is 14.2. The van der Waals surface area contributed by atoms with Crippen LogP contribution in [0.15, 0.2) is 35.5 Å². The predicted octanol–water partition coefficient (Wildman–Crippen LogP) is 3.89. The lowest BCUT2D eigenvalue weighted by Crippen LogP contribution is -2.38. The van der Waals surface area contributed by atoms with E-state index in [1.165, 1.54) is 12.5 Å². The van der Waals surface area contributed by atoms with Crippen LogP contribution in [0.2, 0.25) is 5.02 Å². The number of alkyl halides is 3. The first-order valence-electron chi connectivity index (χ1n) is 15.0. The number of aromatic hydroxyl groups is 1. The number of hydrogen-bond acceptors (Lipinski definition) is 10. The van der Waals surface area contributed by atoms with Crippen LogP contribution in [0, 0.1) is 6.92 Å². The van der Waals surface area contributed by atoms with Crippen molar-refractivity contribution in [2.24, 2.45) is 0 Å². The van der Waals surface area contributed by atoms with Crippen LogP contribution < -0.4 is 20.5 Å². The van der Waals surface area contributed by atoms with Crippen molar-refractivity contribution in [3.63, 3.8) is 0 Å². The first-order valence-corrected chi connectivity index (χ1v) is 15.4. The van der Waals surface area contributed by atoms with Gasteiger partial charge in [-0.1, -0.05) is 18.5 Å². The number of nitrogens with one attached hydrogen (secondary N) is 1. The zero-order valence-corrected chi connectivity index (χ0v) is 27.4. The Morgan fingerprint density at radius 3 is 2.52 bits per heavy atom. The zero-order chi connectivity index (χ0) is 34.9. The van der Waals surface area contributed by atoms with E-state index in [9.17, 15) is 32.7 Å². The lowest BCUT2D eigenvalue weighted by Gasteiger charge is -2.28. The van der Waals surface area contributed by atoms with Gasteiger partial charge >= 0.3 is 6.18 Å². The van der Waals surface area contributed by atoms with Gasteiger partial charge in [-0.05, 0) is 38.0 Å². The van der Waals surface area contributed by atoms with E-state index in [2.05, 4.69) is 25.3 Å². The van der Waals surface area contributed by atoms with E-state index in [-0.39, 0.29) is 58.6 Å². The minimum Gasteiger partial charge on any atom is -0.504 e. The summed E-state index contributed by atoms with van der Waals surface area (Å²) in [4.78, 5) is 62.9.